The van der Waals surface area contributed by atoms with Gasteiger partial charge >= 0.3 is 20.2 Å². The Morgan fingerprint density at radius 1 is 0.750 bits per heavy atom. The second kappa shape index (κ2) is 9.80. The lowest BCUT2D eigenvalue weighted by Crippen LogP contribution is -2.17. The van der Waals surface area contributed by atoms with Crippen LogP contribution in [-0.2, 0) is 25.0 Å². The van der Waals surface area contributed by atoms with Gasteiger partial charge in [0.05, 0.1) is 4.91 Å². The van der Waals surface area contributed by atoms with Gasteiger partial charge in [0.15, 0.2) is 5.75 Å². The van der Waals surface area contributed by atoms with Crippen LogP contribution >= 0.6 is 11.8 Å². The van der Waals surface area contributed by atoms with Gasteiger partial charge in [0, 0.05) is 11.6 Å². The molecule has 0 unspecified atom stereocenters. The Morgan fingerprint density at radius 3 is 1.78 bits per heavy atom. The minimum Gasteiger partial charge on any atom is -0.379 e. The van der Waals surface area contributed by atoms with E-state index >= 15 is 0 Å². The molecule has 0 bridgehead atoms. The van der Waals surface area contributed by atoms with Gasteiger partial charge in [0.2, 0.25) is 0 Å². The summed E-state index contributed by atoms with van der Waals surface area (Å²) in [4.78, 5) is 23.3. The second-order valence-electron chi connectivity index (χ2n) is 7.75. The molecule has 0 aromatic heterocycles. The van der Waals surface area contributed by atoms with E-state index in [0.717, 1.165) is 17.2 Å². The Kier molecular flexibility index (Phi) is 6.94. The van der Waals surface area contributed by atoms with Crippen molar-refractivity contribution in [2.24, 2.45) is 0 Å². The number of imide groups is 1. The van der Waals surface area contributed by atoms with Crippen LogP contribution in [0.2, 0.25) is 0 Å². The van der Waals surface area contributed by atoms with Gasteiger partial charge in [0.25, 0.3) is 11.1 Å². The van der Waals surface area contributed by atoms with Crippen molar-refractivity contribution >= 4 is 49.2 Å². The molecule has 3 aromatic rings. The van der Waals surface area contributed by atoms with E-state index in [2.05, 4.69) is 5.32 Å². The predicted octanol–water partition coefficient (Wildman–Crippen LogP) is 4.16. The zero-order chi connectivity index (χ0) is 26.1. The molecule has 1 saturated heterocycles. The predicted molar refractivity (Wildman–Crippen MR) is 134 cm³/mol. The fraction of sp³-hybridized carbons (Fsp3) is 0.0833. The molecular weight excluding hydrogens is 526 g/mol. The largest absolute Gasteiger partial charge is 0.379 e. The van der Waals surface area contributed by atoms with E-state index in [0.29, 0.717) is 11.8 Å². The number of benzene rings is 3. The summed E-state index contributed by atoms with van der Waals surface area (Å²) in [5.74, 6) is -1.17. The highest BCUT2D eigenvalue weighted by molar-refractivity contribution is 8.18. The summed E-state index contributed by atoms with van der Waals surface area (Å²) < 4.78 is 61.8. The Balaban J connectivity index is 1.74. The van der Waals surface area contributed by atoms with E-state index in [-0.39, 0.29) is 31.8 Å². The van der Waals surface area contributed by atoms with Crippen molar-refractivity contribution in [2.45, 2.75) is 23.6 Å². The van der Waals surface area contributed by atoms with Crippen LogP contribution in [0.15, 0.2) is 81.4 Å². The maximum absolute atomic E-state index is 12.9. The summed E-state index contributed by atoms with van der Waals surface area (Å²) in [7, 11) is -8.57. The third kappa shape index (κ3) is 5.78. The molecule has 2 amide bonds. The van der Waals surface area contributed by atoms with E-state index in [4.69, 9.17) is 8.37 Å². The van der Waals surface area contributed by atoms with E-state index in [1.54, 1.807) is 38.1 Å². The lowest BCUT2D eigenvalue weighted by molar-refractivity contribution is -0.115. The molecule has 0 aliphatic carbocycles. The first-order valence-electron chi connectivity index (χ1n) is 10.3. The molecule has 0 radical (unpaired) electrons. The van der Waals surface area contributed by atoms with Crippen molar-refractivity contribution < 1.29 is 34.8 Å². The first-order valence-corrected chi connectivity index (χ1v) is 14.0. The summed E-state index contributed by atoms with van der Waals surface area (Å²) in [6, 6.07) is 15.6. The zero-order valence-corrected chi connectivity index (χ0v) is 21.4. The van der Waals surface area contributed by atoms with Crippen LogP contribution in [0, 0.1) is 13.8 Å². The standard InChI is InChI=1S/C24H19NO8S3/c1-15-3-9-19(10-4-15)35(28,29)32-18-8-7-17(13-22-23(26)25-24(27)34-22)21(14-18)33-36(30,31)20-11-5-16(2)6-12-20/h3-14H,1-2H3,(H,25,26,27)/b22-13-. The number of aryl methyl sites for hydroxylation is 2. The Bertz CT molecular complexity index is 1590. The number of amides is 2. The lowest BCUT2D eigenvalue weighted by atomic mass is 10.2. The van der Waals surface area contributed by atoms with Crippen molar-refractivity contribution in [3.63, 3.8) is 0 Å². The molecule has 1 heterocycles. The number of hydrogen-bond donors (Lipinski definition) is 1. The SMILES string of the molecule is Cc1ccc(S(=O)(=O)Oc2ccc(/C=C3\SC(=O)NC3=O)c(OS(=O)(=O)c3ccc(C)cc3)c2)cc1. The number of rotatable bonds is 7. The van der Waals surface area contributed by atoms with Crippen LogP contribution in [0.25, 0.3) is 6.08 Å². The van der Waals surface area contributed by atoms with Gasteiger partial charge in [-0.3, -0.25) is 14.9 Å². The summed E-state index contributed by atoms with van der Waals surface area (Å²) >= 11 is 0.635. The maximum atomic E-state index is 12.9. The molecule has 1 fully saturated rings. The van der Waals surface area contributed by atoms with Crippen LogP contribution in [-0.4, -0.2) is 28.0 Å². The molecular formula is C24H19NO8S3. The molecule has 3 aromatic carbocycles. The summed E-state index contributed by atoms with van der Waals surface area (Å²) in [5.41, 5.74) is 1.80. The molecule has 1 aliphatic heterocycles. The van der Waals surface area contributed by atoms with Crippen molar-refractivity contribution in [2.75, 3.05) is 0 Å². The average Bonchev–Trinajstić information content (AvgIpc) is 3.12. The van der Waals surface area contributed by atoms with Crippen LogP contribution in [0.3, 0.4) is 0 Å². The summed E-state index contributed by atoms with van der Waals surface area (Å²) in [6.07, 6.45) is 1.27. The minimum absolute atomic E-state index is 0.0125. The Labute approximate surface area is 212 Å². The topological polar surface area (TPSA) is 133 Å². The molecule has 36 heavy (non-hydrogen) atoms. The normalized spacial score (nSPS) is 15.1. The Hall–Kier alpha value is -3.61. The van der Waals surface area contributed by atoms with E-state index in [1.807, 2.05) is 0 Å². The van der Waals surface area contributed by atoms with E-state index in [1.165, 1.54) is 42.5 Å². The zero-order valence-electron chi connectivity index (χ0n) is 18.9. The van der Waals surface area contributed by atoms with Gasteiger partial charge in [-0.05, 0) is 68.1 Å². The van der Waals surface area contributed by atoms with Gasteiger partial charge in [-0.2, -0.15) is 16.8 Å². The number of carbonyl (C=O) groups is 2. The second-order valence-corrected chi connectivity index (χ2v) is 11.9. The number of hydrogen-bond acceptors (Lipinski definition) is 9. The fourth-order valence-corrected chi connectivity index (χ4v) is 5.61. The third-order valence-corrected chi connectivity index (χ3v) is 8.26. The molecule has 9 nitrogen and oxygen atoms in total. The summed E-state index contributed by atoms with van der Waals surface area (Å²) in [5, 5.41) is 1.53. The first kappa shape index (κ1) is 25.5. The molecule has 4 rings (SSSR count). The number of nitrogens with one attached hydrogen (secondary N) is 1. The van der Waals surface area contributed by atoms with Crippen molar-refractivity contribution in [1.82, 2.24) is 5.32 Å². The highest BCUT2D eigenvalue weighted by atomic mass is 32.2. The molecule has 186 valence electrons. The minimum atomic E-state index is -4.34. The molecule has 1 N–H and O–H groups in total. The summed E-state index contributed by atoms with van der Waals surface area (Å²) in [6.45, 7) is 3.60. The number of thioether (sulfide) groups is 1. The van der Waals surface area contributed by atoms with Crippen LogP contribution in [0.1, 0.15) is 16.7 Å². The maximum Gasteiger partial charge on any atom is 0.339 e. The Morgan fingerprint density at radius 2 is 1.28 bits per heavy atom. The first-order chi connectivity index (χ1) is 16.9. The molecule has 1 aliphatic rings. The molecule has 0 spiro atoms. The molecule has 0 saturated carbocycles. The quantitative estimate of drug-likeness (QED) is 0.343. The smallest absolute Gasteiger partial charge is 0.339 e. The van der Waals surface area contributed by atoms with Gasteiger partial charge in [-0.15, -0.1) is 0 Å². The molecule has 12 heteroatoms. The van der Waals surface area contributed by atoms with Crippen LogP contribution < -0.4 is 13.7 Å². The van der Waals surface area contributed by atoms with Gasteiger partial charge in [-0.1, -0.05) is 35.4 Å². The third-order valence-electron chi connectivity index (χ3n) is 4.94. The van der Waals surface area contributed by atoms with Crippen LogP contribution in [0.5, 0.6) is 11.5 Å². The van der Waals surface area contributed by atoms with Gasteiger partial charge in [0.1, 0.15) is 15.5 Å². The van der Waals surface area contributed by atoms with Crippen molar-refractivity contribution in [3.8, 4) is 11.5 Å². The van der Waals surface area contributed by atoms with Crippen molar-refractivity contribution in [1.29, 1.82) is 0 Å². The van der Waals surface area contributed by atoms with E-state index < -0.39 is 31.4 Å². The fourth-order valence-electron chi connectivity index (χ4n) is 3.07. The van der Waals surface area contributed by atoms with Crippen LogP contribution in [0.4, 0.5) is 4.79 Å². The van der Waals surface area contributed by atoms with E-state index in [9.17, 15) is 26.4 Å². The highest BCUT2D eigenvalue weighted by Crippen LogP contribution is 2.34. The van der Waals surface area contributed by atoms with Gasteiger partial charge in [-0.25, -0.2) is 0 Å². The number of carbonyl (C=O) groups excluding carboxylic acids is 2. The van der Waals surface area contributed by atoms with Gasteiger partial charge < -0.3 is 8.37 Å². The molecule has 0 atom stereocenters. The highest BCUT2D eigenvalue weighted by Gasteiger charge is 2.27. The van der Waals surface area contributed by atoms with Crippen molar-refractivity contribution in [3.05, 3.63) is 88.3 Å². The lowest BCUT2D eigenvalue weighted by Gasteiger charge is -2.13. The average molecular weight is 546 g/mol. The monoisotopic (exact) mass is 545 g/mol.